The minimum atomic E-state index is -3.95. The summed E-state index contributed by atoms with van der Waals surface area (Å²) in [5.74, 6) is 0. The van der Waals surface area contributed by atoms with Crippen LogP contribution in [0, 0.1) is 6.92 Å². The van der Waals surface area contributed by atoms with E-state index in [1.807, 2.05) is 31.2 Å². The highest BCUT2D eigenvalue weighted by atomic mass is 35.5. The van der Waals surface area contributed by atoms with Crippen molar-refractivity contribution in [3.63, 3.8) is 0 Å². The van der Waals surface area contributed by atoms with E-state index in [1.165, 1.54) is 24.3 Å². The van der Waals surface area contributed by atoms with E-state index in [2.05, 4.69) is 5.32 Å². The maximum absolute atomic E-state index is 12.8. The first-order valence-electron chi connectivity index (χ1n) is 7.04. The number of carbonyl (C=O) groups excluding carboxylic acids is 1. The molecule has 2 aromatic rings. The van der Waals surface area contributed by atoms with E-state index in [9.17, 15) is 13.2 Å². The first kappa shape index (κ1) is 15.8. The molecule has 2 aromatic carbocycles. The molecule has 0 radical (unpaired) electrons. The summed E-state index contributed by atoms with van der Waals surface area (Å²) in [7, 11) is -3.95. The average molecular weight is 351 g/mol. The van der Waals surface area contributed by atoms with Gasteiger partial charge >= 0.3 is 6.03 Å². The van der Waals surface area contributed by atoms with Crippen LogP contribution in [-0.4, -0.2) is 25.3 Å². The first-order valence-corrected chi connectivity index (χ1v) is 8.86. The first-order chi connectivity index (χ1) is 10.9. The lowest BCUT2D eigenvalue weighted by molar-refractivity contribution is 0.231. The molecule has 1 atom stereocenters. The number of aryl methyl sites for hydroxylation is 1. The van der Waals surface area contributed by atoms with Gasteiger partial charge in [0.05, 0.1) is 10.9 Å². The number of urea groups is 1. The van der Waals surface area contributed by atoms with Gasteiger partial charge in [-0.15, -0.1) is 0 Å². The fourth-order valence-corrected chi connectivity index (χ4v) is 4.17. The lowest BCUT2D eigenvalue weighted by Crippen LogP contribution is -2.35. The highest BCUT2D eigenvalue weighted by Gasteiger charge is 2.41. The van der Waals surface area contributed by atoms with Crippen molar-refractivity contribution < 1.29 is 13.2 Å². The van der Waals surface area contributed by atoms with Gasteiger partial charge in [-0.3, -0.25) is 0 Å². The number of nitrogens with one attached hydrogen (secondary N) is 1. The fraction of sp³-hybridized carbons (Fsp3) is 0.188. The number of carbonyl (C=O) groups is 1. The Bertz CT molecular complexity index is 833. The standard InChI is InChI=1S/C16H15ClN2O3S/c1-11-2-4-12(5-3-11)15-10-18-16(20)19(15)23(21,22)14-8-6-13(17)7-9-14/h2-9,15H,10H2,1H3,(H,18,20). The lowest BCUT2D eigenvalue weighted by Gasteiger charge is -2.23. The molecule has 0 saturated carbocycles. The number of nitrogens with zero attached hydrogens (tertiary/aromatic N) is 1. The van der Waals surface area contributed by atoms with Crippen molar-refractivity contribution in [3.05, 3.63) is 64.7 Å². The average Bonchev–Trinajstić information content (AvgIpc) is 2.91. The van der Waals surface area contributed by atoms with Gasteiger partial charge in [-0.2, -0.15) is 0 Å². The SMILES string of the molecule is Cc1ccc(C2CNC(=O)N2S(=O)(=O)c2ccc(Cl)cc2)cc1. The Balaban J connectivity index is 2.02. The van der Waals surface area contributed by atoms with Crippen LogP contribution in [0.4, 0.5) is 4.79 Å². The number of amides is 2. The van der Waals surface area contributed by atoms with Gasteiger partial charge in [0.2, 0.25) is 0 Å². The molecule has 7 heteroatoms. The van der Waals surface area contributed by atoms with Crippen molar-refractivity contribution >= 4 is 27.7 Å². The predicted octanol–water partition coefficient (Wildman–Crippen LogP) is 3.10. The van der Waals surface area contributed by atoms with E-state index in [-0.39, 0.29) is 11.4 Å². The third-order valence-electron chi connectivity index (χ3n) is 3.76. The second-order valence-electron chi connectivity index (χ2n) is 5.37. The summed E-state index contributed by atoms with van der Waals surface area (Å²) in [4.78, 5) is 12.2. The van der Waals surface area contributed by atoms with Gasteiger partial charge < -0.3 is 5.32 Å². The maximum Gasteiger partial charge on any atom is 0.332 e. The Morgan fingerprint density at radius 1 is 1.09 bits per heavy atom. The summed E-state index contributed by atoms with van der Waals surface area (Å²) >= 11 is 5.80. The molecule has 0 bridgehead atoms. The summed E-state index contributed by atoms with van der Waals surface area (Å²) in [6, 6.07) is 12.1. The molecule has 1 heterocycles. The van der Waals surface area contributed by atoms with E-state index in [4.69, 9.17) is 11.6 Å². The summed E-state index contributed by atoms with van der Waals surface area (Å²) in [6.45, 7) is 2.19. The molecule has 2 amide bonds. The molecule has 23 heavy (non-hydrogen) atoms. The highest BCUT2D eigenvalue weighted by Crippen LogP contribution is 2.31. The molecule has 0 aromatic heterocycles. The Hall–Kier alpha value is -2.05. The Labute approximate surface area is 139 Å². The lowest BCUT2D eigenvalue weighted by atomic mass is 10.1. The van der Waals surface area contributed by atoms with Crippen molar-refractivity contribution in [1.82, 2.24) is 9.62 Å². The molecule has 1 fully saturated rings. The van der Waals surface area contributed by atoms with Crippen LogP contribution in [0.3, 0.4) is 0 Å². The maximum atomic E-state index is 12.8. The van der Waals surface area contributed by atoms with Crippen LogP contribution in [0.1, 0.15) is 17.2 Å². The number of sulfonamides is 1. The third kappa shape index (κ3) is 2.92. The van der Waals surface area contributed by atoms with Crippen LogP contribution in [0.25, 0.3) is 0 Å². The van der Waals surface area contributed by atoms with Gasteiger partial charge in [-0.25, -0.2) is 17.5 Å². The normalized spacial score (nSPS) is 18.1. The smallest absolute Gasteiger partial charge is 0.332 e. The topological polar surface area (TPSA) is 66.5 Å². The van der Waals surface area contributed by atoms with E-state index < -0.39 is 22.1 Å². The van der Waals surface area contributed by atoms with Crippen molar-refractivity contribution in [3.8, 4) is 0 Å². The van der Waals surface area contributed by atoms with E-state index >= 15 is 0 Å². The van der Waals surface area contributed by atoms with Crippen molar-refractivity contribution in [2.75, 3.05) is 6.54 Å². The minimum Gasteiger partial charge on any atom is -0.335 e. The van der Waals surface area contributed by atoms with E-state index in [1.54, 1.807) is 0 Å². The second kappa shape index (κ2) is 5.86. The Morgan fingerprint density at radius 2 is 1.70 bits per heavy atom. The van der Waals surface area contributed by atoms with Gasteiger partial charge in [-0.1, -0.05) is 41.4 Å². The molecular weight excluding hydrogens is 336 g/mol. The predicted molar refractivity (Wildman–Crippen MR) is 87.8 cm³/mol. The minimum absolute atomic E-state index is 0.0380. The third-order valence-corrected chi connectivity index (χ3v) is 5.82. The quantitative estimate of drug-likeness (QED) is 0.924. The van der Waals surface area contributed by atoms with Crippen LogP contribution in [-0.2, 0) is 10.0 Å². The second-order valence-corrected chi connectivity index (χ2v) is 7.62. The molecule has 1 unspecified atom stereocenters. The molecule has 1 N–H and O–H groups in total. The van der Waals surface area contributed by atoms with Crippen LogP contribution >= 0.6 is 11.6 Å². The number of rotatable bonds is 3. The number of benzene rings is 2. The fourth-order valence-electron chi connectivity index (χ4n) is 2.52. The monoisotopic (exact) mass is 350 g/mol. The van der Waals surface area contributed by atoms with Gasteiger partial charge in [0, 0.05) is 11.6 Å². The molecule has 5 nitrogen and oxygen atoms in total. The Kier molecular flexibility index (Phi) is 4.04. The number of halogens is 1. The highest BCUT2D eigenvalue weighted by molar-refractivity contribution is 7.89. The Morgan fingerprint density at radius 3 is 2.30 bits per heavy atom. The molecule has 0 spiro atoms. The zero-order chi connectivity index (χ0) is 16.6. The molecule has 3 rings (SSSR count). The van der Waals surface area contributed by atoms with Gasteiger partial charge in [0.25, 0.3) is 10.0 Å². The summed E-state index contributed by atoms with van der Waals surface area (Å²) in [5.41, 5.74) is 1.84. The number of hydrogen-bond donors (Lipinski definition) is 1. The van der Waals surface area contributed by atoms with Crippen LogP contribution in [0.5, 0.6) is 0 Å². The van der Waals surface area contributed by atoms with Gasteiger partial charge in [0.15, 0.2) is 0 Å². The molecule has 1 aliphatic heterocycles. The molecule has 0 aliphatic carbocycles. The van der Waals surface area contributed by atoms with Crippen LogP contribution in [0.15, 0.2) is 53.4 Å². The van der Waals surface area contributed by atoms with Gasteiger partial charge in [-0.05, 0) is 36.8 Å². The summed E-state index contributed by atoms with van der Waals surface area (Å²) < 4.78 is 26.6. The van der Waals surface area contributed by atoms with Crippen molar-refractivity contribution in [2.45, 2.75) is 17.9 Å². The molecular formula is C16H15ClN2O3S. The zero-order valence-corrected chi connectivity index (χ0v) is 13.9. The van der Waals surface area contributed by atoms with Crippen molar-refractivity contribution in [1.29, 1.82) is 0 Å². The summed E-state index contributed by atoms with van der Waals surface area (Å²) in [5, 5.41) is 3.04. The van der Waals surface area contributed by atoms with E-state index in [0.717, 1.165) is 15.4 Å². The van der Waals surface area contributed by atoms with Gasteiger partial charge in [0.1, 0.15) is 0 Å². The zero-order valence-electron chi connectivity index (χ0n) is 12.4. The van der Waals surface area contributed by atoms with E-state index in [0.29, 0.717) is 5.02 Å². The molecule has 1 aliphatic rings. The molecule has 1 saturated heterocycles. The van der Waals surface area contributed by atoms with Crippen molar-refractivity contribution in [2.24, 2.45) is 0 Å². The van der Waals surface area contributed by atoms with Crippen LogP contribution in [0.2, 0.25) is 5.02 Å². The summed E-state index contributed by atoms with van der Waals surface area (Å²) in [6.07, 6.45) is 0. The largest absolute Gasteiger partial charge is 0.335 e. The van der Waals surface area contributed by atoms with Crippen LogP contribution < -0.4 is 5.32 Å². The number of hydrogen-bond acceptors (Lipinski definition) is 3. The molecule has 120 valence electrons.